The van der Waals surface area contributed by atoms with Crippen LogP contribution in [-0.2, 0) is 0 Å². The molecule has 0 saturated heterocycles. The van der Waals surface area contributed by atoms with Crippen LogP contribution in [0, 0.1) is 6.92 Å². The molecule has 2 heterocycles. The van der Waals surface area contributed by atoms with Crippen LogP contribution in [0.4, 0.5) is 16.2 Å². The van der Waals surface area contributed by atoms with E-state index >= 15 is 0 Å². The van der Waals surface area contributed by atoms with Crippen molar-refractivity contribution in [2.75, 3.05) is 24.9 Å². The van der Waals surface area contributed by atoms with E-state index < -0.39 is 6.03 Å². The van der Waals surface area contributed by atoms with Crippen LogP contribution in [0.15, 0.2) is 67.3 Å². The van der Waals surface area contributed by atoms with Crippen molar-refractivity contribution in [1.29, 1.82) is 0 Å². The van der Waals surface area contributed by atoms with Crippen LogP contribution >= 0.6 is 0 Å². The molecular formula is C23H22N6O4. The van der Waals surface area contributed by atoms with Crippen LogP contribution in [-0.4, -0.2) is 39.8 Å². The summed E-state index contributed by atoms with van der Waals surface area (Å²) in [5.74, 6) is 3.36. The standard InChI is InChI=1S/C23H22N6O4/c1-15-24-11-12-29(15)20-13-21(26-14-25-20)33-17-9-7-16(8-10-17)27-23(30)28-18-5-4-6-19(31-2)22(18)32-3/h4-14H,1-3H3,(H2,27,28,30). The smallest absolute Gasteiger partial charge is 0.323 e. The van der Waals surface area contributed by atoms with Crippen molar-refractivity contribution in [3.63, 3.8) is 0 Å². The van der Waals surface area contributed by atoms with Crippen LogP contribution in [0.25, 0.3) is 5.82 Å². The number of carbonyl (C=O) groups excluding carboxylic acids is 1. The highest BCUT2D eigenvalue weighted by Gasteiger charge is 2.12. The Morgan fingerprint density at radius 1 is 0.970 bits per heavy atom. The molecule has 0 spiro atoms. The van der Waals surface area contributed by atoms with E-state index in [2.05, 4.69) is 25.6 Å². The number of para-hydroxylation sites is 1. The Kier molecular flexibility index (Phi) is 6.35. The molecular weight excluding hydrogens is 424 g/mol. The van der Waals surface area contributed by atoms with E-state index in [1.54, 1.807) is 54.7 Å². The van der Waals surface area contributed by atoms with Crippen LogP contribution in [0.5, 0.6) is 23.1 Å². The predicted molar refractivity (Wildman–Crippen MR) is 123 cm³/mol. The summed E-state index contributed by atoms with van der Waals surface area (Å²) in [4.78, 5) is 25.0. The van der Waals surface area contributed by atoms with Gasteiger partial charge in [0.25, 0.3) is 0 Å². The summed E-state index contributed by atoms with van der Waals surface area (Å²) in [5.41, 5.74) is 1.07. The second kappa shape index (κ2) is 9.69. The van der Waals surface area contributed by atoms with Crippen LogP contribution in [0.3, 0.4) is 0 Å². The number of aryl methyl sites for hydroxylation is 1. The first-order valence-electron chi connectivity index (χ1n) is 9.96. The van der Waals surface area contributed by atoms with Gasteiger partial charge in [0.15, 0.2) is 11.5 Å². The molecule has 168 valence electrons. The van der Waals surface area contributed by atoms with Crippen LogP contribution in [0.2, 0.25) is 0 Å². The Bertz CT molecular complexity index is 1260. The molecule has 10 nitrogen and oxygen atoms in total. The molecule has 0 bridgehead atoms. The minimum atomic E-state index is -0.425. The SMILES string of the molecule is COc1cccc(NC(=O)Nc2ccc(Oc3cc(-n4ccnc4C)ncn3)cc2)c1OC. The maximum Gasteiger partial charge on any atom is 0.323 e. The second-order valence-electron chi connectivity index (χ2n) is 6.81. The highest BCUT2D eigenvalue weighted by molar-refractivity contribution is 6.01. The predicted octanol–water partition coefficient (Wildman–Crippen LogP) is 4.42. The number of nitrogens with one attached hydrogen (secondary N) is 2. The van der Waals surface area contributed by atoms with Crippen molar-refractivity contribution >= 4 is 17.4 Å². The van der Waals surface area contributed by atoms with Gasteiger partial charge in [-0.25, -0.2) is 19.7 Å². The summed E-state index contributed by atoms with van der Waals surface area (Å²) in [6, 6.07) is 13.4. The van der Waals surface area contributed by atoms with Gasteiger partial charge in [-0.15, -0.1) is 0 Å². The zero-order valence-electron chi connectivity index (χ0n) is 18.3. The number of methoxy groups -OCH3 is 2. The first-order valence-corrected chi connectivity index (χ1v) is 9.96. The number of urea groups is 1. The molecule has 0 saturated carbocycles. The fraction of sp³-hybridized carbons (Fsp3) is 0.130. The Balaban J connectivity index is 1.40. The van der Waals surface area contributed by atoms with E-state index in [0.717, 1.165) is 5.82 Å². The Hall–Kier alpha value is -4.60. The number of benzene rings is 2. The number of amides is 2. The largest absolute Gasteiger partial charge is 0.493 e. The van der Waals surface area contributed by atoms with Gasteiger partial charge >= 0.3 is 6.03 Å². The second-order valence-corrected chi connectivity index (χ2v) is 6.81. The zero-order chi connectivity index (χ0) is 23.2. The third kappa shape index (κ3) is 5.01. The van der Waals surface area contributed by atoms with E-state index in [1.165, 1.54) is 20.5 Å². The van der Waals surface area contributed by atoms with Crippen LogP contribution in [0.1, 0.15) is 5.82 Å². The number of hydrogen-bond donors (Lipinski definition) is 2. The highest BCUT2D eigenvalue weighted by Crippen LogP contribution is 2.34. The number of nitrogens with zero attached hydrogens (tertiary/aromatic N) is 4. The van der Waals surface area contributed by atoms with Crippen molar-refractivity contribution in [2.45, 2.75) is 6.92 Å². The normalized spacial score (nSPS) is 10.4. The monoisotopic (exact) mass is 446 g/mol. The summed E-state index contributed by atoms with van der Waals surface area (Å²) in [6.07, 6.45) is 4.94. The lowest BCUT2D eigenvalue weighted by Crippen LogP contribution is -2.19. The van der Waals surface area contributed by atoms with Crippen molar-refractivity contribution in [3.8, 4) is 28.9 Å². The zero-order valence-corrected chi connectivity index (χ0v) is 18.3. The number of anilines is 2. The lowest BCUT2D eigenvalue weighted by Gasteiger charge is -2.14. The number of imidazole rings is 1. The fourth-order valence-electron chi connectivity index (χ4n) is 3.13. The van der Waals surface area contributed by atoms with Gasteiger partial charge in [-0.3, -0.25) is 4.57 Å². The van der Waals surface area contributed by atoms with Gasteiger partial charge in [-0.1, -0.05) is 6.07 Å². The molecule has 4 aromatic rings. The number of ether oxygens (including phenoxy) is 3. The van der Waals surface area contributed by atoms with E-state index in [4.69, 9.17) is 14.2 Å². The van der Waals surface area contributed by atoms with E-state index in [9.17, 15) is 4.79 Å². The molecule has 0 unspecified atom stereocenters. The molecule has 2 N–H and O–H groups in total. The molecule has 33 heavy (non-hydrogen) atoms. The lowest BCUT2D eigenvalue weighted by atomic mass is 10.2. The quantitative estimate of drug-likeness (QED) is 0.432. The molecule has 0 radical (unpaired) electrons. The number of aromatic nitrogens is 4. The molecule has 2 aromatic carbocycles. The highest BCUT2D eigenvalue weighted by atomic mass is 16.5. The Morgan fingerprint density at radius 3 is 2.48 bits per heavy atom. The van der Waals surface area contributed by atoms with E-state index in [-0.39, 0.29) is 0 Å². The third-order valence-corrected chi connectivity index (χ3v) is 4.69. The summed E-state index contributed by atoms with van der Waals surface area (Å²) >= 11 is 0. The molecule has 0 aliphatic carbocycles. The van der Waals surface area contributed by atoms with Crippen LogP contribution < -0.4 is 24.8 Å². The van der Waals surface area contributed by atoms with Crippen molar-refractivity contribution in [2.24, 2.45) is 0 Å². The van der Waals surface area contributed by atoms with E-state index in [0.29, 0.717) is 40.3 Å². The van der Waals surface area contributed by atoms with Gasteiger partial charge in [0.1, 0.15) is 23.7 Å². The summed E-state index contributed by atoms with van der Waals surface area (Å²) < 4.78 is 18.2. The van der Waals surface area contributed by atoms with Gasteiger partial charge in [-0.05, 0) is 43.3 Å². The van der Waals surface area contributed by atoms with Gasteiger partial charge in [0.05, 0.1) is 19.9 Å². The van der Waals surface area contributed by atoms with Crippen molar-refractivity contribution in [3.05, 3.63) is 73.1 Å². The number of rotatable bonds is 7. The maximum atomic E-state index is 12.4. The van der Waals surface area contributed by atoms with Gasteiger partial charge in [0, 0.05) is 24.1 Å². The van der Waals surface area contributed by atoms with Gasteiger partial charge in [-0.2, -0.15) is 0 Å². The molecule has 4 rings (SSSR count). The molecule has 2 aromatic heterocycles. The van der Waals surface area contributed by atoms with Gasteiger partial charge < -0.3 is 24.8 Å². The summed E-state index contributed by atoms with van der Waals surface area (Å²) in [6.45, 7) is 1.88. The minimum Gasteiger partial charge on any atom is -0.493 e. The summed E-state index contributed by atoms with van der Waals surface area (Å²) in [7, 11) is 3.04. The molecule has 10 heteroatoms. The molecule has 0 aliphatic heterocycles. The van der Waals surface area contributed by atoms with Crippen molar-refractivity contribution in [1.82, 2.24) is 19.5 Å². The molecule has 0 aliphatic rings. The summed E-state index contributed by atoms with van der Waals surface area (Å²) in [5, 5.41) is 5.52. The first kappa shape index (κ1) is 21.6. The number of carbonyl (C=O) groups is 1. The molecule has 0 atom stereocenters. The first-order chi connectivity index (χ1) is 16.1. The van der Waals surface area contributed by atoms with E-state index in [1.807, 2.05) is 17.7 Å². The Morgan fingerprint density at radius 2 is 1.79 bits per heavy atom. The lowest BCUT2D eigenvalue weighted by molar-refractivity contribution is 0.262. The average Bonchev–Trinajstić information content (AvgIpc) is 3.26. The molecule has 2 amide bonds. The minimum absolute atomic E-state index is 0.386. The third-order valence-electron chi connectivity index (χ3n) is 4.69. The molecule has 0 fully saturated rings. The van der Waals surface area contributed by atoms with Crippen molar-refractivity contribution < 1.29 is 19.0 Å². The average molecular weight is 446 g/mol. The number of hydrogen-bond acceptors (Lipinski definition) is 7. The van der Waals surface area contributed by atoms with Gasteiger partial charge in [0.2, 0.25) is 5.88 Å². The maximum absolute atomic E-state index is 12.4. The topological polar surface area (TPSA) is 112 Å². The Labute approximate surface area is 190 Å². The fourth-order valence-corrected chi connectivity index (χ4v) is 3.13.